The van der Waals surface area contributed by atoms with Crippen LogP contribution in [0.2, 0.25) is 0 Å². The van der Waals surface area contributed by atoms with Gasteiger partial charge in [0.25, 0.3) is 0 Å². The number of amides is 2. The number of urea groups is 1. The van der Waals surface area contributed by atoms with Gasteiger partial charge in [0, 0.05) is 31.5 Å². The van der Waals surface area contributed by atoms with Crippen LogP contribution in [0.3, 0.4) is 0 Å². The normalized spacial score (nSPS) is 21.7. The van der Waals surface area contributed by atoms with E-state index in [1.54, 1.807) is 19.0 Å². The summed E-state index contributed by atoms with van der Waals surface area (Å²) in [5.41, 5.74) is 5.04. The number of aromatic nitrogens is 2. The third kappa shape index (κ3) is 4.38. The minimum Gasteiger partial charge on any atom is -0.740 e. The van der Waals surface area contributed by atoms with Crippen molar-refractivity contribution in [3.63, 3.8) is 0 Å². The number of likely N-dealkylation sites (tertiary alicyclic amines) is 1. The molecule has 1 fully saturated rings. The summed E-state index contributed by atoms with van der Waals surface area (Å²) in [7, 11) is -1.50. The zero-order chi connectivity index (χ0) is 24.9. The molecule has 0 bridgehead atoms. The molecule has 1 aromatic heterocycles. The molecule has 3 aliphatic rings. The Morgan fingerprint density at radius 3 is 2.40 bits per heavy atom. The highest BCUT2D eigenvalue weighted by molar-refractivity contribution is 7.91. The van der Waals surface area contributed by atoms with Gasteiger partial charge in [-0.05, 0) is 74.2 Å². The van der Waals surface area contributed by atoms with Crippen LogP contribution in [-0.2, 0) is 42.9 Å². The molecular formula is C23H30FN6O4S-. The molecule has 2 atom stereocenters. The van der Waals surface area contributed by atoms with Crippen molar-refractivity contribution in [1.29, 1.82) is 0 Å². The number of rotatable bonds is 6. The first-order valence-corrected chi connectivity index (χ1v) is 13.4. The molecule has 1 saturated heterocycles. The van der Waals surface area contributed by atoms with Gasteiger partial charge in [-0.3, -0.25) is 14.1 Å². The fraction of sp³-hybridized carbons (Fsp3) is 0.565. The minimum atomic E-state index is -4.82. The second kappa shape index (κ2) is 9.07. The summed E-state index contributed by atoms with van der Waals surface area (Å²) in [6, 6.07) is 0.486. The quantitative estimate of drug-likeness (QED) is 0.604. The molecule has 12 heteroatoms. The SMILES string of the molecule is CN1C[C@H](F)C[C@@H]1CN(c1cnn(C)c1)S(=O)(=O)N([O-])C(=O)Nc1c2c(cc3c1CCC3)CCC2. The number of hydrogen-bond acceptors (Lipinski definition) is 6. The Bertz CT molecular complexity index is 1220. The Balaban J connectivity index is 1.43. The Hall–Kier alpha value is -2.70. The van der Waals surface area contributed by atoms with E-state index >= 15 is 0 Å². The largest absolute Gasteiger partial charge is 0.740 e. The van der Waals surface area contributed by atoms with E-state index in [1.807, 2.05) is 0 Å². The molecule has 2 amide bonds. The molecule has 2 heterocycles. The predicted molar refractivity (Wildman–Crippen MR) is 130 cm³/mol. The second-order valence-electron chi connectivity index (χ2n) is 9.73. The number of aryl methyl sites for hydroxylation is 3. The van der Waals surface area contributed by atoms with Gasteiger partial charge in [-0.2, -0.15) is 13.5 Å². The summed E-state index contributed by atoms with van der Waals surface area (Å²) in [5.74, 6) is 0. The predicted octanol–water partition coefficient (Wildman–Crippen LogP) is 2.52. The molecule has 10 nitrogen and oxygen atoms in total. The number of nitrogens with one attached hydrogen (secondary N) is 1. The van der Waals surface area contributed by atoms with Gasteiger partial charge in [0.15, 0.2) is 0 Å². The summed E-state index contributed by atoms with van der Waals surface area (Å²) >= 11 is 0. The van der Waals surface area contributed by atoms with Crippen molar-refractivity contribution in [1.82, 2.24) is 19.1 Å². The maximum absolute atomic E-state index is 14.0. The van der Waals surface area contributed by atoms with E-state index in [9.17, 15) is 22.8 Å². The number of nitrogens with zero attached hydrogens (tertiary/aromatic N) is 5. The number of carbonyl (C=O) groups is 1. The molecule has 0 saturated carbocycles. The molecule has 5 rings (SSSR count). The number of carbonyl (C=O) groups excluding carboxylic acids is 1. The first kappa shape index (κ1) is 24.0. The minimum absolute atomic E-state index is 0.135. The first-order chi connectivity index (χ1) is 16.6. The number of likely N-dealkylation sites (N-methyl/N-ethyl adjacent to an activating group) is 1. The van der Waals surface area contributed by atoms with Crippen molar-refractivity contribution in [3.05, 3.63) is 45.9 Å². The van der Waals surface area contributed by atoms with Crippen molar-refractivity contribution in [2.45, 2.75) is 57.2 Å². The van der Waals surface area contributed by atoms with E-state index in [4.69, 9.17) is 0 Å². The Morgan fingerprint density at radius 1 is 1.20 bits per heavy atom. The van der Waals surface area contributed by atoms with Gasteiger partial charge in [-0.25, -0.2) is 13.5 Å². The second-order valence-corrected chi connectivity index (χ2v) is 11.4. The zero-order valence-electron chi connectivity index (χ0n) is 19.9. The number of hydroxylamine groups is 1. The van der Waals surface area contributed by atoms with E-state index in [0.717, 1.165) is 65.1 Å². The first-order valence-electron chi connectivity index (χ1n) is 12.0. The number of anilines is 2. The van der Waals surface area contributed by atoms with E-state index in [0.29, 0.717) is 5.69 Å². The lowest BCUT2D eigenvalue weighted by atomic mass is 9.99. The monoisotopic (exact) mass is 505 g/mol. The van der Waals surface area contributed by atoms with Gasteiger partial charge < -0.3 is 10.5 Å². The van der Waals surface area contributed by atoms with Crippen LogP contribution >= 0.6 is 0 Å². The highest BCUT2D eigenvalue weighted by Gasteiger charge is 2.37. The molecular weight excluding hydrogens is 475 g/mol. The van der Waals surface area contributed by atoms with Crippen LogP contribution in [0.5, 0.6) is 0 Å². The van der Waals surface area contributed by atoms with Gasteiger partial charge in [-0.15, -0.1) is 0 Å². The number of alkyl halides is 1. The fourth-order valence-corrected chi connectivity index (χ4v) is 6.76. The average Bonchev–Trinajstić information content (AvgIpc) is 3.59. The van der Waals surface area contributed by atoms with Crippen LogP contribution in [-0.4, -0.2) is 65.9 Å². The molecule has 1 aliphatic heterocycles. The highest BCUT2D eigenvalue weighted by atomic mass is 32.2. The van der Waals surface area contributed by atoms with Crippen LogP contribution in [0.15, 0.2) is 18.5 Å². The van der Waals surface area contributed by atoms with Gasteiger partial charge in [0.2, 0.25) is 0 Å². The van der Waals surface area contributed by atoms with Crippen LogP contribution in [0, 0.1) is 5.21 Å². The summed E-state index contributed by atoms with van der Waals surface area (Å²) < 4.78 is 42.6. The van der Waals surface area contributed by atoms with E-state index in [1.165, 1.54) is 17.1 Å². The molecule has 0 radical (unpaired) electrons. The average molecular weight is 506 g/mol. The van der Waals surface area contributed by atoms with Gasteiger partial charge in [0.1, 0.15) is 6.17 Å². The van der Waals surface area contributed by atoms with E-state index in [-0.39, 0.29) is 25.2 Å². The van der Waals surface area contributed by atoms with Crippen LogP contribution in [0.4, 0.5) is 20.6 Å². The van der Waals surface area contributed by atoms with Gasteiger partial charge in [0.05, 0.1) is 18.4 Å². The molecule has 1 aromatic carbocycles. The highest BCUT2D eigenvalue weighted by Crippen LogP contribution is 2.39. The maximum Gasteiger partial charge on any atom is 0.326 e. The Morgan fingerprint density at radius 2 is 1.86 bits per heavy atom. The molecule has 190 valence electrons. The van der Waals surface area contributed by atoms with Gasteiger partial charge >= 0.3 is 16.2 Å². The van der Waals surface area contributed by atoms with Crippen LogP contribution in [0.1, 0.15) is 41.5 Å². The lowest BCUT2D eigenvalue weighted by molar-refractivity contribution is 0.243. The summed E-state index contributed by atoms with van der Waals surface area (Å²) in [6.45, 7) is 0.00446. The fourth-order valence-electron chi connectivity index (χ4n) is 5.60. The molecule has 2 aromatic rings. The van der Waals surface area contributed by atoms with Crippen molar-refractivity contribution in [2.75, 3.05) is 29.8 Å². The standard InChI is InChI=1S/C23H30FN6O4S/c1-27-12-17(24)10-18(27)14-29(19-11-25-28(2)13-19)35(33,34)30(32)23(31)26-22-20-7-3-5-15(20)9-16-6-4-8-21(16)22/h9,11,13,17-18H,3-8,10,12,14H2,1-2H3,(H,26,31)/q-1/t17-,18-/m1/s1. The Labute approximate surface area is 204 Å². The molecule has 2 aliphatic carbocycles. The molecule has 35 heavy (non-hydrogen) atoms. The van der Waals surface area contributed by atoms with E-state index < -0.39 is 32.9 Å². The van der Waals surface area contributed by atoms with Crippen LogP contribution < -0.4 is 9.62 Å². The third-order valence-corrected chi connectivity index (χ3v) is 8.85. The summed E-state index contributed by atoms with van der Waals surface area (Å²) in [4.78, 5) is 14.8. The topological polar surface area (TPSA) is 114 Å². The lowest BCUT2D eigenvalue weighted by Gasteiger charge is -2.36. The molecule has 0 spiro atoms. The number of fused-ring (bicyclic) bond motifs is 2. The van der Waals surface area contributed by atoms with Crippen molar-refractivity contribution in [3.8, 4) is 0 Å². The smallest absolute Gasteiger partial charge is 0.326 e. The molecule has 0 unspecified atom stereocenters. The van der Waals surface area contributed by atoms with Crippen molar-refractivity contribution < 1.29 is 17.6 Å². The lowest BCUT2D eigenvalue weighted by Crippen LogP contribution is -2.49. The third-order valence-electron chi connectivity index (χ3n) is 7.35. The molecule has 1 N–H and O–H groups in total. The van der Waals surface area contributed by atoms with Crippen molar-refractivity contribution >= 4 is 27.6 Å². The summed E-state index contributed by atoms with van der Waals surface area (Å²) in [5, 5.41) is 19.7. The van der Waals surface area contributed by atoms with Crippen molar-refractivity contribution in [2.24, 2.45) is 7.05 Å². The van der Waals surface area contributed by atoms with Crippen LogP contribution in [0.25, 0.3) is 0 Å². The number of benzene rings is 1. The number of hydrogen-bond donors (Lipinski definition) is 1. The zero-order valence-corrected chi connectivity index (χ0v) is 20.7. The van der Waals surface area contributed by atoms with Gasteiger partial charge in [-0.1, -0.05) is 6.07 Å². The number of halogens is 1. The van der Waals surface area contributed by atoms with E-state index in [2.05, 4.69) is 16.5 Å². The maximum atomic E-state index is 14.0. The Kier molecular flexibility index (Phi) is 6.22. The summed E-state index contributed by atoms with van der Waals surface area (Å²) in [6.07, 6.45) is 7.10.